The molecule has 0 aromatic heterocycles. The first-order valence-corrected chi connectivity index (χ1v) is 9.96. The Morgan fingerprint density at radius 2 is 1.50 bits per heavy atom. The van der Waals surface area contributed by atoms with Gasteiger partial charge in [0.1, 0.15) is 5.02 Å². The van der Waals surface area contributed by atoms with Crippen LogP contribution in [0.2, 0.25) is 10.0 Å². The van der Waals surface area contributed by atoms with Gasteiger partial charge in [-0.1, -0.05) is 68.8 Å². The second-order valence-corrected chi connectivity index (χ2v) is 7.51. The highest BCUT2D eigenvalue weighted by Crippen LogP contribution is 2.31. The Bertz CT molecular complexity index is 573. The maximum absolute atomic E-state index is 11.8. The van der Waals surface area contributed by atoms with Crippen LogP contribution in [0.1, 0.15) is 65.2 Å². The normalized spacial score (nSPS) is 10.8. The number of rotatable bonds is 12. The molecule has 146 valence electrons. The van der Waals surface area contributed by atoms with Gasteiger partial charge < -0.3 is 9.47 Å². The molecule has 0 N–H and O–H groups in total. The molecule has 0 aliphatic carbocycles. The van der Waals surface area contributed by atoms with Crippen LogP contribution >= 0.6 is 23.2 Å². The standard InChI is InChI=1S/C20H28Cl2O4/c1-15(2)14-25-18(23)12-7-5-3-4-6-8-13-19(24)26-17-11-9-10-16(21)20(17)22/h9-11,15H,3-8,12-14H2,1-2H3. The van der Waals surface area contributed by atoms with E-state index in [1.54, 1.807) is 18.2 Å². The molecule has 1 aromatic carbocycles. The van der Waals surface area contributed by atoms with Crippen molar-refractivity contribution >= 4 is 35.1 Å². The van der Waals surface area contributed by atoms with Gasteiger partial charge in [0, 0.05) is 12.8 Å². The molecular formula is C20H28Cl2O4. The summed E-state index contributed by atoms with van der Waals surface area (Å²) in [6.45, 7) is 4.54. The SMILES string of the molecule is CC(C)COC(=O)CCCCCCCCC(=O)Oc1cccc(Cl)c1Cl. The number of halogens is 2. The molecular weight excluding hydrogens is 375 g/mol. The maximum atomic E-state index is 11.8. The quantitative estimate of drug-likeness (QED) is 0.236. The molecule has 1 aromatic rings. The van der Waals surface area contributed by atoms with Crippen LogP contribution in [-0.4, -0.2) is 18.5 Å². The number of unbranched alkanes of at least 4 members (excludes halogenated alkanes) is 5. The van der Waals surface area contributed by atoms with Crippen molar-refractivity contribution in [1.29, 1.82) is 0 Å². The summed E-state index contributed by atoms with van der Waals surface area (Å²) in [7, 11) is 0. The Balaban J connectivity index is 2.02. The third-order valence-corrected chi connectivity index (χ3v) is 4.53. The van der Waals surface area contributed by atoms with Gasteiger partial charge in [0.2, 0.25) is 0 Å². The minimum absolute atomic E-state index is 0.110. The first-order valence-electron chi connectivity index (χ1n) is 9.20. The van der Waals surface area contributed by atoms with Crippen molar-refractivity contribution in [2.45, 2.75) is 65.2 Å². The van der Waals surface area contributed by atoms with Crippen molar-refractivity contribution in [3.63, 3.8) is 0 Å². The van der Waals surface area contributed by atoms with E-state index < -0.39 is 0 Å². The first-order chi connectivity index (χ1) is 12.4. The minimum Gasteiger partial charge on any atom is -0.465 e. The molecule has 0 radical (unpaired) electrons. The number of hydrogen-bond acceptors (Lipinski definition) is 4. The van der Waals surface area contributed by atoms with Gasteiger partial charge in [0.15, 0.2) is 5.75 Å². The van der Waals surface area contributed by atoms with Gasteiger partial charge >= 0.3 is 11.9 Å². The second-order valence-electron chi connectivity index (χ2n) is 6.72. The molecule has 6 heteroatoms. The van der Waals surface area contributed by atoms with Crippen LogP contribution in [0.25, 0.3) is 0 Å². The number of hydrogen-bond donors (Lipinski definition) is 0. The fourth-order valence-electron chi connectivity index (χ4n) is 2.31. The number of esters is 2. The van der Waals surface area contributed by atoms with Crippen LogP contribution < -0.4 is 4.74 Å². The Labute approximate surface area is 166 Å². The fourth-order valence-corrected chi connectivity index (χ4v) is 2.64. The van der Waals surface area contributed by atoms with Crippen LogP contribution in [0.5, 0.6) is 5.75 Å². The predicted octanol–water partition coefficient (Wildman–Crippen LogP) is 6.22. The Hall–Kier alpha value is -1.26. The van der Waals surface area contributed by atoms with Gasteiger partial charge in [-0.25, -0.2) is 0 Å². The second kappa shape index (κ2) is 13.0. The zero-order valence-electron chi connectivity index (χ0n) is 15.6. The molecule has 0 atom stereocenters. The molecule has 0 bridgehead atoms. The van der Waals surface area contributed by atoms with Crippen molar-refractivity contribution in [3.8, 4) is 5.75 Å². The zero-order valence-corrected chi connectivity index (χ0v) is 17.1. The van der Waals surface area contributed by atoms with E-state index in [1.807, 2.05) is 13.8 Å². The van der Waals surface area contributed by atoms with E-state index in [9.17, 15) is 9.59 Å². The molecule has 0 saturated carbocycles. The van der Waals surface area contributed by atoms with E-state index >= 15 is 0 Å². The summed E-state index contributed by atoms with van der Waals surface area (Å²) >= 11 is 11.9. The molecule has 0 unspecified atom stereocenters. The van der Waals surface area contributed by atoms with E-state index in [-0.39, 0.29) is 17.0 Å². The Morgan fingerprint density at radius 1 is 0.923 bits per heavy atom. The Morgan fingerprint density at radius 3 is 2.12 bits per heavy atom. The summed E-state index contributed by atoms with van der Waals surface area (Å²) < 4.78 is 10.4. The highest BCUT2D eigenvalue weighted by Gasteiger charge is 2.10. The number of ether oxygens (including phenoxy) is 2. The third kappa shape index (κ3) is 10.0. The lowest BCUT2D eigenvalue weighted by atomic mass is 10.1. The number of benzene rings is 1. The monoisotopic (exact) mass is 402 g/mol. The van der Waals surface area contributed by atoms with E-state index in [0.29, 0.717) is 36.1 Å². The van der Waals surface area contributed by atoms with Crippen LogP contribution in [0.15, 0.2) is 18.2 Å². The highest BCUT2D eigenvalue weighted by molar-refractivity contribution is 6.43. The van der Waals surface area contributed by atoms with Crippen LogP contribution in [-0.2, 0) is 14.3 Å². The maximum Gasteiger partial charge on any atom is 0.311 e. The molecule has 0 saturated heterocycles. The smallest absolute Gasteiger partial charge is 0.311 e. The summed E-state index contributed by atoms with van der Waals surface area (Å²) in [6.07, 6.45) is 6.50. The first kappa shape index (κ1) is 22.8. The van der Waals surface area contributed by atoms with E-state index in [1.165, 1.54) is 0 Å². The predicted molar refractivity (Wildman–Crippen MR) is 105 cm³/mol. The lowest BCUT2D eigenvalue weighted by Crippen LogP contribution is -2.09. The molecule has 0 spiro atoms. The summed E-state index contributed by atoms with van der Waals surface area (Å²) in [5, 5.41) is 0.625. The molecule has 0 amide bonds. The van der Waals surface area contributed by atoms with Gasteiger partial charge in [-0.3, -0.25) is 9.59 Å². The van der Waals surface area contributed by atoms with Gasteiger partial charge in [-0.2, -0.15) is 0 Å². The van der Waals surface area contributed by atoms with Crippen molar-refractivity contribution in [2.75, 3.05) is 6.61 Å². The molecule has 26 heavy (non-hydrogen) atoms. The topological polar surface area (TPSA) is 52.6 Å². The number of carbonyl (C=O) groups is 2. The van der Waals surface area contributed by atoms with Crippen molar-refractivity contribution < 1.29 is 19.1 Å². The molecule has 0 fully saturated rings. The zero-order chi connectivity index (χ0) is 19.4. The van der Waals surface area contributed by atoms with Gasteiger partial charge in [0.05, 0.1) is 11.6 Å². The van der Waals surface area contributed by atoms with Gasteiger partial charge in [-0.05, 0) is 30.9 Å². The summed E-state index contributed by atoms with van der Waals surface area (Å²) in [5.74, 6) is 0.261. The summed E-state index contributed by atoms with van der Waals surface area (Å²) in [4.78, 5) is 23.3. The summed E-state index contributed by atoms with van der Waals surface area (Å²) in [6, 6.07) is 4.96. The van der Waals surface area contributed by atoms with Gasteiger partial charge in [-0.15, -0.1) is 0 Å². The molecule has 0 aliphatic rings. The molecule has 4 nitrogen and oxygen atoms in total. The van der Waals surface area contributed by atoms with Crippen LogP contribution in [0.4, 0.5) is 0 Å². The minimum atomic E-state index is -0.304. The fraction of sp³-hybridized carbons (Fsp3) is 0.600. The lowest BCUT2D eigenvalue weighted by molar-refractivity contribution is -0.144. The Kier molecular flexibility index (Phi) is 11.4. The molecule has 0 heterocycles. The molecule has 1 rings (SSSR count). The van der Waals surface area contributed by atoms with Crippen molar-refractivity contribution in [3.05, 3.63) is 28.2 Å². The van der Waals surface area contributed by atoms with E-state index in [2.05, 4.69) is 0 Å². The average molecular weight is 403 g/mol. The summed E-state index contributed by atoms with van der Waals surface area (Å²) in [5.41, 5.74) is 0. The van der Waals surface area contributed by atoms with Crippen molar-refractivity contribution in [1.82, 2.24) is 0 Å². The largest absolute Gasteiger partial charge is 0.465 e. The van der Waals surface area contributed by atoms with Crippen LogP contribution in [0.3, 0.4) is 0 Å². The van der Waals surface area contributed by atoms with E-state index in [0.717, 1.165) is 38.5 Å². The van der Waals surface area contributed by atoms with E-state index in [4.69, 9.17) is 32.7 Å². The van der Waals surface area contributed by atoms with Gasteiger partial charge in [0.25, 0.3) is 0 Å². The molecule has 0 aliphatic heterocycles. The lowest BCUT2D eigenvalue weighted by Gasteiger charge is -2.07. The third-order valence-electron chi connectivity index (χ3n) is 3.73. The average Bonchev–Trinajstić information content (AvgIpc) is 2.59. The van der Waals surface area contributed by atoms with Crippen LogP contribution in [0, 0.1) is 5.92 Å². The van der Waals surface area contributed by atoms with Crippen molar-refractivity contribution in [2.24, 2.45) is 5.92 Å². The number of carbonyl (C=O) groups excluding carboxylic acids is 2. The highest BCUT2D eigenvalue weighted by atomic mass is 35.5.